The van der Waals surface area contributed by atoms with Crippen LogP contribution in [0.3, 0.4) is 0 Å². The van der Waals surface area contributed by atoms with Gasteiger partial charge in [0.2, 0.25) is 5.95 Å². The van der Waals surface area contributed by atoms with Crippen molar-refractivity contribution >= 4 is 92.1 Å². The molecule has 5 N–H and O–H groups in total. The quantitative estimate of drug-likeness (QED) is 0.0530. The summed E-state index contributed by atoms with van der Waals surface area (Å²) in [6.07, 6.45) is -0.0865. The van der Waals surface area contributed by atoms with Crippen LogP contribution in [-0.4, -0.2) is 77.6 Å². The number of carboxylic acid groups (broad SMARTS) is 1. The monoisotopic (exact) mass is 974 g/mol. The van der Waals surface area contributed by atoms with Gasteiger partial charge in [-0.05, 0) is 90.0 Å². The van der Waals surface area contributed by atoms with Crippen LogP contribution in [0.2, 0.25) is 0 Å². The lowest BCUT2D eigenvalue weighted by Crippen LogP contribution is -2.10. The Balaban J connectivity index is 0.00000173. The van der Waals surface area contributed by atoms with Gasteiger partial charge in [0, 0.05) is 29.3 Å². The number of nitrogens with zero attached hydrogens (tertiary/aromatic N) is 7. The van der Waals surface area contributed by atoms with Gasteiger partial charge in [-0.1, -0.05) is 48.5 Å². The highest BCUT2D eigenvalue weighted by Gasteiger charge is 2.22. The molecule has 338 valence electrons. The largest absolute Gasteiger partial charge is 0.478 e. The highest BCUT2D eigenvalue weighted by atomic mass is 32.2. The van der Waals surface area contributed by atoms with Gasteiger partial charge in [0.05, 0.1) is 33.2 Å². The summed E-state index contributed by atoms with van der Waals surface area (Å²) in [6, 6.07) is 30.8. The van der Waals surface area contributed by atoms with E-state index < -0.39 is 61.6 Å². The SMILES string of the molecule is O=C(O)c1ccc(Nc2nc(Cc3ccc(N=Nc4cc(S(=O)(=O)O)c5cccc(S(=O)(=O)O)c5c4)cc3)nc(Cc3ccc(N=Nc4ccccc4)cc3S(=O)(=O)O)n2)cc1.O=S(=O)=O. The van der Waals surface area contributed by atoms with E-state index in [2.05, 4.69) is 40.7 Å². The van der Waals surface area contributed by atoms with Crippen LogP contribution in [0.15, 0.2) is 163 Å². The topological polar surface area (TPSA) is 352 Å². The van der Waals surface area contributed by atoms with E-state index in [1.807, 2.05) is 0 Å². The Morgan fingerprint density at radius 3 is 1.65 bits per heavy atom. The van der Waals surface area contributed by atoms with Gasteiger partial charge in [0.25, 0.3) is 30.4 Å². The summed E-state index contributed by atoms with van der Waals surface area (Å²) in [5.74, 6) is -0.757. The molecule has 0 aliphatic rings. The molecule has 66 heavy (non-hydrogen) atoms. The maximum Gasteiger partial charge on any atom is 0.425 e. The minimum Gasteiger partial charge on any atom is -0.478 e. The summed E-state index contributed by atoms with van der Waals surface area (Å²) in [6.45, 7) is 0. The normalized spacial score (nSPS) is 11.9. The molecule has 7 rings (SSSR count). The van der Waals surface area contributed by atoms with Crippen LogP contribution in [0, 0.1) is 0 Å². The Morgan fingerprint density at radius 2 is 1.06 bits per heavy atom. The van der Waals surface area contributed by atoms with Crippen molar-refractivity contribution in [1.29, 1.82) is 0 Å². The molecule has 0 amide bonds. The Hall–Kier alpha value is -7.59. The molecule has 1 heterocycles. The third-order valence-corrected chi connectivity index (χ3v) is 11.6. The molecular formula is C40H30N8O14S4. The lowest BCUT2D eigenvalue weighted by molar-refractivity contribution is 0.0696. The molecule has 0 bridgehead atoms. The second kappa shape index (κ2) is 20.1. The third-order valence-electron chi connectivity index (χ3n) is 8.87. The molecule has 22 nitrogen and oxygen atoms in total. The van der Waals surface area contributed by atoms with Crippen LogP contribution in [0.1, 0.15) is 33.1 Å². The summed E-state index contributed by atoms with van der Waals surface area (Å²) in [7, 11) is -17.5. The van der Waals surface area contributed by atoms with Crippen LogP contribution >= 0.6 is 0 Å². The van der Waals surface area contributed by atoms with Gasteiger partial charge in [-0.3, -0.25) is 13.7 Å². The first-order valence-corrected chi connectivity index (χ1v) is 23.6. The number of aromatic nitrogens is 3. The van der Waals surface area contributed by atoms with Gasteiger partial charge >= 0.3 is 16.6 Å². The maximum absolute atomic E-state index is 12.6. The predicted octanol–water partition coefficient (Wildman–Crippen LogP) is 7.22. The predicted molar refractivity (Wildman–Crippen MR) is 233 cm³/mol. The standard InChI is InChI=1S/C40H30N8O11S3.O3S/c49-39(50)25-11-16-27(17-12-25)41-40-43-37(42-38(44-40)20-26-13-18-30(22-35(26)61(54,55)56)47-45-28-5-2-1-3-6-28)19-24-9-14-29(15-10-24)46-48-31-21-33-32(36(23-31)62(57,58)59)7-4-8-34(33)60(51,52)53;1-4(2)3/h1-18,21-23H,19-20H2,(H,49,50)(H,51,52,53)(H,54,55,56)(H,57,58,59)(H,41,42,43,44);. The fourth-order valence-corrected chi connectivity index (χ4v) is 8.23. The second-order valence-corrected chi connectivity index (χ2v) is 18.0. The lowest BCUT2D eigenvalue weighted by atomic mass is 10.1. The molecule has 26 heteroatoms. The maximum atomic E-state index is 12.6. The Bertz CT molecular complexity index is 3500. The van der Waals surface area contributed by atoms with E-state index >= 15 is 0 Å². The molecule has 0 radical (unpaired) electrons. The van der Waals surface area contributed by atoms with E-state index in [0.717, 1.165) is 12.1 Å². The van der Waals surface area contributed by atoms with Crippen LogP contribution in [0.25, 0.3) is 10.8 Å². The Labute approximate surface area is 375 Å². The molecule has 0 saturated carbocycles. The molecule has 6 aromatic carbocycles. The Morgan fingerprint density at radius 1 is 0.530 bits per heavy atom. The van der Waals surface area contributed by atoms with Crippen LogP contribution in [-0.2, 0) is 53.8 Å². The van der Waals surface area contributed by atoms with Crippen LogP contribution in [0.4, 0.5) is 34.4 Å². The second-order valence-electron chi connectivity index (χ2n) is 13.5. The third kappa shape index (κ3) is 13.0. The first-order chi connectivity index (χ1) is 31.1. The summed E-state index contributed by atoms with van der Waals surface area (Å²) in [4.78, 5) is 23.3. The number of carbonyl (C=O) groups is 1. The van der Waals surface area contributed by atoms with E-state index in [1.165, 1.54) is 60.7 Å². The summed E-state index contributed by atoms with van der Waals surface area (Å²) in [5, 5.41) is 28.3. The highest BCUT2D eigenvalue weighted by Crippen LogP contribution is 2.34. The molecule has 1 aromatic heterocycles. The molecule has 0 spiro atoms. The van der Waals surface area contributed by atoms with E-state index in [-0.39, 0.29) is 69.4 Å². The van der Waals surface area contributed by atoms with Crippen molar-refractivity contribution in [3.8, 4) is 0 Å². The van der Waals surface area contributed by atoms with E-state index in [0.29, 0.717) is 16.9 Å². The summed E-state index contributed by atoms with van der Waals surface area (Å²) >= 11 is 0. The van der Waals surface area contributed by atoms with Crippen LogP contribution in [0.5, 0.6) is 0 Å². The molecule has 7 aromatic rings. The van der Waals surface area contributed by atoms with Gasteiger partial charge in [-0.25, -0.2) is 9.78 Å². The summed E-state index contributed by atoms with van der Waals surface area (Å²) < 4.78 is 129. The molecule has 0 aliphatic heterocycles. The number of benzene rings is 6. The number of rotatable bonds is 14. The zero-order valence-electron chi connectivity index (χ0n) is 33.2. The molecule has 0 atom stereocenters. The average molecular weight is 975 g/mol. The zero-order chi connectivity index (χ0) is 47.8. The van der Waals surface area contributed by atoms with Crippen molar-refractivity contribution < 1.29 is 61.4 Å². The number of hydrogen-bond donors (Lipinski definition) is 5. The van der Waals surface area contributed by atoms with Crippen molar-refractivity contribution in [1.82, 2.24) is 15.0 Å². The van der Waals surface area contributed by atoms with Crippen LogP contribution < -0.4 is 5.32 Å². The van der Waals surface area contributed by atoms with E-state index in [1.54, 1.807) is 54.6 Å². The number of nitrogens with one attached hydrogen (secondary N) is 1. The molecule has 0 aliphatic carbocycles. The molecule has 0 saturated heterocycles. The van der Waals surface area contributed by atoms with Gasteiger partial charge in [0.1, 0.15) is 21.4 Å². The first-order valence-electron chi connectivity index (χ1n) is 18.3. The van der Waals surface area contributed by atoms with Gasteiger partial charge in [-0.15, -0.1) is 12.6 Å². The van der Waals surface area contributed by atoms with Crippen molar-refractivity contribution in [3.63, 3.8) is 0 Å². The number of carboxylic acids is 1. The van der Waals surface area contributed by atoms with E-state index in [9.17, 15) is 48.8 Å². The van der Waals surface area contributed by atoms with E-state index in [4.69, 9.17) is 12.6 Å². The number of aromatic carboxylic acids is 1. The van der Waals surface area contributed by atoms with Crippen molar-refractivity contribution in [2.45, 2.75) is 27.5 Å². The average Bonchev–Trinajstić information content (AvgIpc) is 3.24. The van der Waals surface area contributed by atoms with Gasteiger partial charge in [-0.2, -0.15) is 55.7 Å². The lowest BCUT2D eigenvalue weighted by Gasteiger charge is -2.11. The highest BCUT2D eigenvalue weighted by molar-refractivity contribution is 7.86. The summed E-state index contributed by atoms with van der Waals surface area (Å²) in [5.41, 5.74) is 2.08. The van der Waals surface area contributed by atoms with Crippen molar-refractivity contribution in [2.75, 3.05) is 5.32 Å². The fraction of sp³-hybridized carbons (Fsp3) is 0.0500. The number of hydrogen-bond acceptors (Lipinski definition) is 18. The minimum absolute atomic E-state index is 0.0389. The first kappa shape index (κ1) is 47.9. The number of anilines is 2. The molecule has 0 unspecified atom stereocenters. The van der Waals surface area contributed by atoms with Gasteiger partial charge in [0.15, 0.2) is 0 Å². The number of fused-ring (bicyclic) bond motifs is 1. The van der Waals surface area contributed by atoms with Crippen molar-refractivity contribution in [2.24, 2.45) is 20.5 Å². The fourth-order valence-electron chi connectivity index (χ4n) is 6.06. The zero-order valence-corrected chi connectivity index (χ0v) is 36.4. The Kier molecular flexibility index (Phi) is 14.6. The minimum atomic E-state index is -4.87. The number of azo groups is 2. The van der Waals surface area contributed by atoms with Gasteiger partial charge < -0.3 is 10.4 Å². The molecule has 0 fully saturated rings. The smallest absolute Gasteiger partial charge is 0.425 e. The van der Waals surface area contributed by atoms with Crippen molar-refractivity contribution in [3.05, 3.63) is 156 Å². The molecular weight excluding hydrogens is 945 g/mol.